The van der Waals surface area contributed by atoms with Crippen LogP contribution in [0.25, 0.3) is 22.0 Å². The van der Waals surface area contributed by atoms with Gasteiger partial charge in [-0.25, -0.2) is 4.39 Å². The largest absolute Gasteiger partial charge is 0.325 e. The summed E-state index contributed by atoms with van der Waals surface area (Å²) in [5, 5.41) is 24.0. The molecule has 160 valence electrons. The molecule has 0 fully saturated rings. The summed E-state index contributed by atoms with van der Waals surface area (Å²) in [6.07, 6.45) is 0. The number of aromatic nitrogens is 2. The van der Waals surface area contributed by atoms with E-state index < -0.39 is 10.2 Å². The number of carbonyl (C=O) groups excluding carboxylic acids is 1. The van der Waals surface area contributed by atoms with Gasteiger partial charge in [0.25, 0.3) is 5.69 Å². The molecule has 1 amide bonds. The number of nitro benzene ring substituents is 1. The van der Waals surface area contributed by atoms with Crippen molar-refractivity contribution in [3.8, 4) is 11.3 Å². The number of hydrogen-bond donors (Lipinski definition) is 1. The molecule has 7 nitrogen and oxygen atoms in total. The molecule has 0 saturated carbocycles. The maximum Gasteiger partial charge on any atom is 0.269 e. The minimum atomic E-state index is -0.500. The van der Waals surface area contributed by atoms with Crippen LogP contribution < -0.4 is 5.32 Å². The Morgan fingerprint density at radius 1 is 1.00 bits per heavy atom. The second-order valence-corrected chi connectivity index (χ2v) is 8.29. The van der Waals surface area contributed by atoms with E-state index in [-0.39, 0.29) is 17.4 Å². The number of amides is 1. The first-order valence-electron chi connectivity index (χ1n) is 9.66. The zero-order valence-corrected chi connectivity index (χ0v) is 17.7. The van der Waals surface area contributed by atoms with Crippen LogP contribution in [0.2, 0.25) is 0 Å². The zero-order chi connectivity index (χ0) is 22.7. The molecular weight excluding hydrogens is 431 g/mol. The van der Waals surface area contributed by atoms with E-state index in [9.17, 15) is 19.3 Å². The minimum Gasteiger partial charge on any atom is -0.325 e. The van der Waals surface area contributed by atoms with Crippen molar-refractivity contribution < 1.29 is 14.1 Å². The quantitative estimate of drug-likeness (QED) is 0.239. The zero-order valence-electron chi connectivity index (χ0n) is 16.9. The van der Waals surface area contributed by atoms with Crippen molar-refractivity contribution in [2.75, 3.05) is 5.32 Å². The molecule has 0 aliphatic rings. The van der Waals surface area contributed by atoms with Gasteiger partial charge < -0.3 is 5.32 Å². The van der Waals surface area contributed by atoms with E-state index in [4.69, 9.17) is 0 Å². The Balaban J connectivity index is 1.56. The fraction of sp³-hybridized carbons (Fsp3) is 0.0870. The summed E-state index contributed by atoms with van der Waals surface area (Å²) in [5.74, 6) is -0.594. The lowest BCUT2D eigenvalue weighted by molar-refractivity contribution is -0.384. The summed E-state index contributed by atoms with van der Waals surface area (Å²) in [5.41, 5.74) is 1.80. The number of nitrogens with one attached hydrogen (secondary N) is 1. The average molecular weight is 448 g/mol. The predicted octanol–water partition coefficient (Wildman–Crippen LogP) is 5.46. The standard InChI is InChI=1S/C23H17FN4O3S/c1-14(22(29)25-17-10-12-18(13-11-17)28(30)31)32-23-20-5-3-2-4-19(20)21(26-27-23)15-6-8-16(24)9-7-15/h2-14H,1H3,(H,25,29). The van der Waals surface area contributed by atoms with Crippen LogP contribution in [0.15, 0.2) is 77.8 Å². The second kappa shape index (κ2) is 9.11. The molecule has 1 aromatic heterocycles. The molecule has 0 spiro atoms. The topological polar surface area (TPSA) is 98.0 Å². The van der Waals surface area contributed by atoms with Crippen LogP contribution in [0.3, 0.4) is 0 Å². The summed E-state index contributed by atoms with van der Waals surface area (Å²) in [4.78, 5) is 22.9. The van der Waals surface area contributed by atoms with Gasteiger partial charge in [-0.1, -0.05) is 36.0 Å². The normalized spacial score (nSPS) is 11.8. The number of fused-ring (bicyclic) bond motifs is 1. The van der Waals surface area contributed by atoms with E-state index in [1.807, 2.05) is 24.3 Å². The highest BCUT2D eigenvalue weighted by Gasteiger charge is 2.19. The van der Waals surface area contributed by atoms with Crippen LogP contribution in [-0.4, -0.2) is 26.3 Å². The van der Waals surface area contributed by atoms with Gasteiger partial charge in [0, 0.05) is 34.2 Å². The lowest BCUT2D eigenvalue weighted by Crippen LogP contribution is -2.22. The van der Waals surface area contributed by atoms with Gasteiger partial charge in [-0.15, -0.1) is 10.2 Å². The first-order valence-corrected chi connectivity index (χ1v) is 10.5. The van der Waals surface area contributed by atoms with Crippen LogP contribution in [0, 0.1) is 15.9 Å². The van der Waals surface area contributed by atoms with Crippen LogP contribution in [-0.2, 0) is 4.79 Å². The summed E-state index contributed by atoms with van der Waals surface area (Å²) >= 11 is 1.26. The van der Waals surface area contributed by atoms with Crippen LogP contribution in [0.5, 0.6) is 0 Å². The highest BCUT2D eigenvalue weighted by atomic mass is 32.2. The maximum atomic E-state index is 13.3. The molecule has 1 heterocycles. The molecule has 1 N–H and O–H groups in total. The lowest BCUT2D eigenvalue weighted by Gasteiger charge is -2.14. The Labute approximate surface area is 186 Å². The fourth-order valence-electron chi connectivity index (χ4n) is 3.12. The van der Waals surface area contributed by atoms with E-state index in [1.54, 1.807) is 19.1 Å². The number of anilines is 1. The number of rotatable bonds is 6. The highest BCUT2D eigenvalue weighted by molar-refractivity contribution is 8.00. The van der Waals surface area contributed by atoms with E-state index in [0.29, 0.717) is 16.4 Å². The van der Waals surface area contributed by atoms with Crippen molar-refractivity contribution in [3.63, 3.8) is 0 Å². The van der Waals surface area contributed by atoms with Crippen molar-refractivity contribution in [2.24, 2.45) is 0 Å². The molecule has 0 aliphatic carbocycles. The van der Waals surface area contributed by atoms with Gasteiger partial charge in [0.2, 0.25) is 5.91 Å². The molecule has 0 saturated heterocycles. The van der Waals surface area contributed by atoms with Crippen LogP contribution in [0.4, 0.5) is 15.8 Å². The van der Waals surface area contributed by atoms with Gasteiger partial charge in [0.15, 0.2) is 0 Å². The molecule has 0 bridgehead atoms. The summed E-state index contributed by atoms with van der Waals surface area (Å²) in [6, 6.07) is 19.3. The van der Waals surface area contributed by atoms with Gasteiger partial charge >= 0.3 is 0 Å². The Kier molecular flexibility index (Phi) is 6.09. The van der Waals surface area contributed by atoms with Gasteiger partial charge in [0.1, 0.15) is 16.5 Å². The third-order valence-electron chi connectivity index (χ3n) is 4.77. The van der Waals surface area contributed by atoms with Crippen molar-refractivity contribution in [3.05, 3.63) is 88.7 Å². The van der Waals surface area contributed by atoms with E-state index in [0.717, 1.165) is 16.3 Å². The molecule has 1 unspecified atom stereocenters. The molecule has 3 aromatic carbocycles. The maximum absolute atomic E-state index is 13.3. The van der Waals surface area contributed by atoms with Crippen LogP contribution >= 0.6 is 11.8 Å². The number of non-ortho nitro benzene ring substituents is 1. The molecule has 1 atom stereocenters. The Hall–Kier alpha value is -3.85. The summed E-state index contributed by atoms with van der Waals surface area (Å²) in [7, 11) is 0. The van der Waals surface area contributed by atoms with Gasteiger partial charge in [-0.05, 0) is 43.3 Å². The van der Waals surface area contributed by atoms with Crippen molar-refractivity contribution >= 4 is 39.8 Å². The van der Waals surface area contributed by atoms with Gasteiger partial charge in [0.05, 0.1) is 10.2 Å². The van der Waals surface area contributed by atoms with Crippen LogP contribution in [0.1, 0.15) is 6.92 Å². The molecule has 0 aliphatic heterocycles. The predicted molar refractivity (Wildman–Crippen MR) is 122 cm³/mol. The second-order valence-electron chi connectivity index (χ2n) is 6.96. The monoisotopic (exact) mass is 448 g/mol. The third kappa shape index (κ3) is 4.57. The Bertz CT molecular complexity index is 1300. The fourth-order valence-corrected chi connectivity index (χ4v) is 4.01. The molecule has 0 radical (unpaired) electrons. The van der Waals surface area contributed by atoms with E-state index >= 15 is 0 Å². The van der Waals surface area contributed by atoms with E-state index in [2.05, 4.69) is 15.5 Å². The van der Waals surface area contributed by atoms with Gasteiger partial charge in [-0.3, -0.25) is 14.9 Å². The van der Waals surface area contributed by atoms with Crippen molar-refractivity contribution in [1.29, 1.82) is 0 Å². The Morgan fingerprint density at radius 2 is 1.66 bits per heavy atom. The summed E-state index contributed by atoms with van der Waals surface area (Å²) in [6.45, 7) is 1.75. The molecule has 9 heteroatoms. The Morgan fingerprint density at radius 3 is 2.31 bits per heavy atom. The number of nitro groups is 1. The molecule has 4 rings (SSSR count). The number of carbonyl (C=O) groups is 1. The number of halogens is 1. The molecular formula is C23H17FN4O3S. The number of hydrogen-bond acceptors (Lipinski definition) is 6. The highest BCUT2D eigenvalue weighted by Crippen LogP contribution is 2.33. The summed E-state index contributed by atoms with van der Waals surface area (Å²) < 4.78 is 13.3. The van der Waals surface area contributed by atoms with Gasteiger partial charge in [-0.2, -0.15) is 0 Å². The first-order chi connectivity index (χ1) is 15.4. The number of nitrogens with zero attached hydrogens (tertiary/aromatic N) is 3. The average Bonchev–Trinajstić information content (AvgIpc) is 2.80. The smallest absolute Gasteiger partial charge is 0.269 e. The minimum absolute atomic E-state index is 0.0478. The lowest BCUT2D eigenvalue weighted by atomic mass is 10.1. The van der Waals surface area contributed by atoms with E-state index in [1.165, 1.54) is 48.2 Å². The molecule has 4 aromatic rings. The SMILES string of the molecule is CC(Sc1nnc(-c2ccc(F)cc2)c2ccccc12)C(=O)Nc1ccc([N+](=O)[O-])cc1. The van der Waals surface area contributed by atoms with Crippen molar-refractivity contribution in [1.82, 2.24) is 10.2 Å². The molecule has 32 heavy (non-hydrogen) atoms. The van der Waals surface area contributed by atoms with Crippen molar-refractivity contribution in [2.45, 2.75) is 17.2 Å². The number of thioether (sulfide) groups is 1. The number of benzene rings is 3. The first kappa shape index (κ1) is 21.4. The third-order valence-corrected chi connectivity index (χ3v) is 5.87.